The smallest absolute Gasteiger partial charge is 0.242 e. The maximum atomic E-state index is 12.0. The van der Waals surface area contributed by atoms with Gasteiger partial charge in [0.2, 0.25) is 5.91 Å². The Morgan fingerprint density at radius 3 is 2.56 bits per heavy atom. The third kappa shape index (κ3) is 2.95. The summed E-state index contributed by atoms with van der Waals surface area (Å²) >= 11 is 0. The molecule has 1 aliphatic rings. The Morgan fingerprint density at radius 2 is 1.94 bits per heavy atom. The molecule has 1 saturated heterocycles. The standard InChI is InChI=1S/C12H25N3O/c1-12(2)11(16)14(3)9-10-15(12)8-6-4-5-7-13/h4-10,13H2,1-3H3. The summed E-state index contributed by atoms with van der Waals surface area (Å²) in [6.07, 6.45) is 3.38. The largest absolute Gasteiger partial charge is 0.343 e. The molecule has 0 aromatic carbocycles. The van der Waals surface area contributed by atoms with Crippen molar-refractivity contribution in [1.29, 1.82) is 0 Å². The van der Waals surface area contributed by atoms with Crippen molar-refractivity contribution in [2.45, 2.75) is 38.6 Å². The molecule has 1 amide bonds. The molecule has 0 radical (unpaired) electrons. The molecule has 1 fully saturated rings. The predicted octanol–water partition coefficient (Wildman–Crippen LogP) is 0.668. The van der Waals surface area contributed by atoms with Crippen LogP contribution in [0.15, 0.2) is 0 Å². The molecule has 0 aliphatic carbocycles. The number of piperazine rings is 1. The number of carbonyl (C=O) groups is 1. The first-order valence-corrected chi connectivity index (χ1v) is 6.21. The van der Waals surface area contributed by atoms with Gasteiger partial charge in [-0.25, -0.2) is 0 Å². The highest BCUT2D eigenvalue weighted by Gasteiger charge is 2.39. The van der Waals surface area contributed by atoms with E-state index in [0.717, 1.165) is 45.4 Å². The molecule has 0 saturated carbocycles. The lowest BCUT2D eigenvalue weighted by Crippen LogP contribution is -2.62. The molecular formula is C12H25N3O. The van der Waals surface area contributed by atoms with Crippen LogP contribution >= 0.6 is 0 Å². The van der Waals surface area contributed by atoms with Gasteiger partial charge in [-0.2, -0.15) is 0 Å². The Kier molecular flexibility index (Phi) is 4.74. The van der Waals surface area contributed by atoms with Crippen molar-refractivity contribution in [3.63, 3.8) is 0 Å². The summed E-state index contributed by atoms with van der Waals surface area (Å²) in [5.41, 5.74) is 5.13. The highest BCUT2D eigenvalue weighted by molar-refractivity contribution is 5.86. The SMILES string of the molecule is CN1CCN(CCCCCN)C(C)(C)C1=O. The van der Waals surface area contributed by atoms with Crippen LogP contribution < -0.4 is 5.73 Å². The number of amides is 1. The molecular weight excluding hydrogens is 202 g/mol. The lowest BCUT2D eigenvalue weighted by atomic mass is 9.97. The van der Waals surface area contributed by atoms with Crippen molar-refractivity contribution in [3.8, 4) is 0 Å². The zero-order valence-corrected chi connectivity index (χ0v) is 10.8. The molecule has 0 atom stereocenters. The summed E-state index contributed by atoms with van der Waals surface area (Å²) in [6.45, 7) is 7.65. The summed E-state index contributed by atoms with van der Waals surface area (Å²) in [5.74, 6) is 0.234. The van der Waals surface area contributed by atoms with Crippen LogP contribution in [0.25, 0.3) is 0 Å². The molecule has 0 bridgehead atoms. The van der Waals surface area contributed by atoms with E-state index in [0.29, 0.717) is 0 Å². The van der Waals surface area contributed by atoms with Gasteiger partial charge in [0.05, 0.1) is 5.54 Å². The Labute approximate surface area is 98.8 Å². The van der Waals surface area contributed by atoms with Crippen molar-refractivity contribution in [3.05, 3.63) is 0 Å². The molecule has 0 spiro atoms. The van der Waals surface area contributed by atoms with Crippen molar-refractivity contribution in [2.75, 3.05) is 33.2 Å². The van der Waals surface area contributed by atoms with E-state index in [9.17, 15) is 4.79 Å². The average Bonchev–Trinajstić information content (AvgIpc) is 2.24. The Balaban J connectivity index is 2.44. The number of unbranched alkanes of at least 4 members (excludes halogenated alkanes) is 2. The number of rotatable bonds is 5. The van der Waals surface area contributed by atoms with Crippen LogP contribution in [0.5, 0.6) is 0 Å². The second kappa shape index (κ2) is 5.64. The molecule has 4 nitrogen and oxygen atoms in total. The first-order chi connectivity index (χ1) is 7.50. The summed E-state index contributed by atoms with van der Waals surface area (Å²) in [4.78, 5) is 16.1. The van der Waals surface area contributed by atoms with Crippen molar-refractivity contribution < 1.29 is 4.79 Å². The minimum absolute atomic E-state index is 0.234. The second-order valence-electron chi connectivity index (χ2n) is 5.12. The van der Waals surface area contributed by atoms with E-state index in [1.54, 1.807) is 0 Å². The van der Waals surface area contributed by atoms with E-state index in [1.165, 1.54) is 0 Å². The van der Waals surface area contributed by atoms with Gasteiger partial charge >= 0.3 is 0 Å². The topological polar surface area (TPSA) is 49.6 Å². The van der Waals surface area contributed by atoms with Crippen LogP contribution in [0.2, 0.25) is 0 Å². The maximum Gasteiger partial charge on any atom is 0.242 e. The highest BCUT2D eigenvalue weighted by Crippen LogP contribution is 2.21. The average molecular weight is 227 g/mol. The number of carbonyl (C=O) groups excluding carboxylic acids is 1. The van der Waals surface area contributed by atoms with E-state index in [1.807, 2.05) is 25.8 Å². The molecule has 0 aromatic rings. The van der Waals surface area contributed by atoms with Gasteiger partial charge in [0.15, 0.2) is 0 Å². The van der Waals surface area contributed by atoms with Gasteiger partial charge in [0, 0.05) is 20.1 Å². The van der Waals surface area contributed by atoms with Gasteiger partial charge in [-0.1, -0.05) is 6.42 Å². The van der Waals surface area contributed by atoms with Gasteiger partial charge < -0.3 is 10.6 Å². The van der Waals surface area contributed by atoms with Gasteiger partial charge in [0.1, 0.15) is 0 Å². The fourth-order valence-corrected chi connectivity index (χ4v) is 2.27. The monoisotopic (exact) mass is 227 g/mol. The quantitative estimate of drug-likeness (QED) is 0.702. The summed E-state index contributed by atoms with van der Waals surface area (Å²) < 4.78 is 0. The minimum Gasteiger partial charge on any atom is -0.343 e. The van der Waals surface area contributed by atoms with Gasteiger partial charge in [-0.15, -0.1) is 0 Å². The molecule has 16 heavy (non-hydrogen) atoms. The van der Waals surface area contributed by atoms with Crippen LogP contribution in [0.1, 0.15) is 33.1 Å². The molecule has 1 aliphatic heterocycles. The number of nitrogens with zero attached hydrogens (tertiary/aromatic N) is 2. The predicted molar refractivity (Wildman–Crippen MR) is 66.2 cm³/mol. The van der Waals surface area contributed by atoms with Crippen LogP contribution in [0.3, 0.4) is 0 Å². The minimum atomic E-state index is -0.338. The maximum absolute atomic E-state index is 12.0. The first kappa shape index (κ1) is 13.5. The zero-order chi connectivity index (χ0) is 12.2. The number of hydrogen-bond acceptors (Lipinski definition) is 3. The summed E-state index contributed by atoms with van der Waals surface area (Å²) in [6, 6.07) is 0. The van der Waals surface area contributed by atoms with E-state index in [-0.39, 0.29) is 11.4 Å². The molecule has 2 N–H and O–H groups in total. The lowest BCUT2D eigenvalue weighted by Gasteiger charge is -2.44. The number of nitrogens with two attached hydrogens (primary N) is 1. The fourth-order valence-electron chi connectivity index (χ4n) is 2.27. The molecule has 0 aromatic heterocycles. The summed E-state index contributed by atoms with van der Waals surface area (Å²) in [7, 11) is 1.88. The molecule has 94 valence electrons. The van der Waals surface area contributed by atoms with Crippen LogP contribution in [-0.2, 0) is 4.79 Å². The lowest BCUT2D eigenvalue weighted by molar-refractivity contribution is -0.147. The van der Waals surface area contributed by atoms with E-state index in [2.05, 4.69) is 4.90 Å². The third-order valence-corrected chi connectivity index (χ3v) is 3.50. The van der Waals surface area contributed by atoms with E-state index in [4.69, 9.17) is 5.73 Å². The molecule has 0 unspecified atom stereocenters. The highest BCUT2D eigenvalue weighted by atomic mass is 16.2. The van der Waals surface area contributed by atoms with Crippen molar-refractivity contribution in [1.82, 2.24) is 9.80 Å². The second-order valence-corrected chi connectivity index (χ2v) is 5.12. The van der Waals surface area contributed by atoms with Gasteiger partial charge in [-0.3, -0.25) is 9.69 Å². The summed E-state index contributed by atoms with van der Waals surface area (Å²) in [5, 5.41) is 0. The van der Waals surface area contributed by atoms with Gasteiger partial charge in [0.25, 0.3) is 0 Å². The number of hydrogen-bond donors (Lipinski definition) is 1. The molecule has 4 heteroatoms. The normalized spacial score (nSPS) is 21.5. The Bertz CT molecular complexity index is 240. The van der Waals surface area contributed by atoms with Crippen LogP contribution in [-0.4, -0.2) is 54.5 Å². The first-order valence-electron chi connectivity index (χ1n) is 6.21. The Morgan fingerprint density at radius 1 is 1.25 bits per heavy atom. The van der Waals surface area contributed by atoms with Crippen LogP contribution in [0, 0.1) is 0 Å². The third-order valence-electron chi connectivity index (χ3n) is 3.50. The molecule has 1 rings (SSSR count). The zero-order valence-electron chi connectivity index (χ0n) is 10.8. The van der Waals surface area contributed by atoms with Crippen LogP contribution in [0.4, 0.5) is 0 Å². The number of likely N-dealkylation sites (N-methyl/N-ethyl adjacent to an activating group) is 1. The Hall–Kier alpha value is -0.610. The van der Waals surface area contributed by atoms with Crippen molar-refractivity contribution >= 4 is 5.91 Å². The van der Waals surface area contributed by atoms with Gasteiger partial charge in [-0.05, 0) is 39.8 Å². The van der Waals surface area contributed by atoms with E-state index < -0.39 is 0 Å². The molecule has 1 heterocycles. The van der Waals surface area contributed by atoms with E-state index >= 15 is 0 Å². The van der Waals surface area contributed by atoms with Crippen molar-refractivity contribution in [2.24, 2.45) is 5.73 Å². The fraction of sp³-hybridized carbons (Fsp3) is 0.917.